The normalized spacial score (nSPS) is 15.8. The summed E-state index contributed by atoms with van der Waals surface area (Å²) < 4.78 is 12.5. The van der Waals surface area contributed by atoms with Crippen LogP contribution in [0.1, 0.15) is 39.6 Å². The predicted molar refractivity (Wildman–Crippen MR) is 136 cm³/mol. The molecule has 0 bridgehead atoms. The van der Waals surface area contributed by atoms with Crippen LogP contribution in [0.4, 0.5) is 16.4 Å². The van der Waals surface area contributed by atoms with Crippen molar-refractivity contribution in [3.05, 3.63) is 28.8 Å². The Labute approximate surface area is 208 Å². The number of amides is 2. The van der Waals surface area contributed by atoms with Crippen molar-refractivity contribution in [1.82, 2.24) is 24.9 Å². The number of carbonyl (C=O) groups excluding carboxylic acids is 1. The third-order valence-electron chi connectivity index (χ3n) is 5.96. The van der Waals surface area contributed by atoms with Gasteiger partial charge in [0.25, 0.3) is 0 Å². The van der Waals surface area contributed by atoms with E-state index in [0.717, 1.165) is 55.6 Å². The van der Waals surface area contributed by atoms with E-state index >= 15 is 0 Å². The molecule has 3 N–H and O–H groups in total. The summed E-state index contributed by atoms with van der Waals surface area (Å²) in [6.07, 6.45) is -0.461. The van der Waals surface area contributed by atoms with E-state index in [2.05, 4.69) is 25.6 Å². The third-order valence-corrected chi connectivity index (χ3v) is 6.85. The maximum absolute atomic E-state index is 12.6. The molecule has 1 aliphatic rings. The number of nitrogens with one attached hydrogen (secondary N) is 3. The zero-order chi connectivity index (χ0) is 25.2. The molecule has 0 aromatic carbocycles. The quantitative estimate of drug-likeness (QED) is 0.454. The van der Waals surface area contributed by atoms with E-state index in [1.54, 1.807) is 10.6 Å². The highest BCUT2D eigenvalue weighted by molar-refractivity contribution is 7.15. The SMILES string of the molecule is CC(NC(=O)Nc1cc(C(C)(C)C)on1)n1c(=N)sc2nc(N(C)CCN3CCOCC3)ccc21. The molecule has 190 valence electrons. The van der Waals surface area contributed by atoms with Crippen molar-refractivity contribution in [3.63, 3.8) is 0 Å². The first-order valence-corrected chi connectivity index (χ1v) is 12.6. The largest absolute Gasteiger partial charge is 0.379 e. The second-order valence-electron chi connectivity index (χ2n) is 9.75. The number of hydrogen-bond donors (Lipinski definition) is 3. The van der Waals surface area contributed by atoms with Crippen LogP contribution >= 0.6 is 11.3 Å². The standard InChI is InChI=1S/C23H34N8O3S/c1-15(25-22(32)26-18-14-17(34-28-18)23(2,3)4)31-16-6-7-19(27-20(16)35-21(31)24)29(5)8-9-30-10-12-33-13-11-30/h6-7,14-15,24H,8-13H2,1-5H3,(H2,25,26,28,32). The van der Waals surface area contributed by atoms with Crippen LogP contribution in [0.5, 0.6) is 0 Å². The van der Waals surface area contributed by atoms with Gasteiger partial charge in [-0.15, -0.1) is 0 Å². The Balaban J connectivity index is 1.41. The Hall–Kier alpha value is -2.96. The number of fused-ring (bicyclic) bond motifs is 1. The fourth-order valence-corrected chi connectivity index (χ4v) is 4.80. The molecule has 3 aromatic heterocycles. The molecule has 3 aromatic rings. The topological polar surface area (TPSA) is 125 Å². The average molecular weight is 503 g/mol. The number of thiazole rings is 1. The van der Waals surface area contributed by atoms with Crippen molar-refractivity contribution >= 4 is 39.4 Å². The molecule has 1 aliphatic heterocycles. The smallest absolute Gasteiger partial charge is 0.322 e. The van der Waals surface area contributed by atoms with Crippen LogP contribution in [0.3, 0.4) is 0 Å². The molecule has 2 amide bonds. The molecule has 35 heavy (non-hydrogen) atoms. The number of likely N-dealkylation sites (N-methyl/N-ethyl adjacent to an activating group) is 1. The van der Waals surface area contributed by atoms with Crippen LogP contribution in [-0.4, -0.2) is 72.1 Å². The van der Waals surface area contributed by atoms with Crippen LogP contribution < -0.4 is 20.3 Å². The van der Waals surface area contributed by atoms with Crippen LogP contribution in [0.2, 0.25) is 0 Å². The van der Waals surface area contributed by atoms with Crippen LogP contribution in [0.25, 0.3) is 10.3 Å². The minimum absolute atomic E-state index is 0.204. The van der Waals surface area contributed by atoms with Gasteiger partial charge in [0.15, 0.2) is 10.6 Å². The third kappa shape index (κ3) is 6.00. The summed E-state index contributed by atoms with van der Waals surface area (Å²) >= 11 is 1.29. The summed E-state index contributed by atoms with van der Waals surface area (Å²) in [4.78, 5) is 22.9. The fraction of sp³-hybridized carbons (Fsp3) is 0.565. The maximum Gasteiger partial charge on any atom is 0.322 e. The summed E-state index contributed by atoms with van der Waals surface area (Å²) in [6.45, 7) is 13.2. The van der Waals surface area contributed by atoms with Crippen molar-refractivity contribution in [2.75, 3.05) is 56.7 Å². The molecule has 0 spiro atoms. The lowest BCUT2D eigenvalue weighted by Gasteiger charge is -2.28. The van der Waals surface area contributed by atoms with Crippen molar-refractivity contribution in [2.45, 2.75) is 39.3 Å². The van der Waals surface area contributed by atoms with E-state index in [-0.39, 0.29) is 5.41 Å². The molecule has 1 fully saturated rings. The molecule has 4 heterocycles. The van der Waals surface area contributed by atoms with E-state index in [9.17, 15) is 4.79 Å². The number of nitrogens with zero attached hydrogens (tertiary/aromatic N) is 5. The molecule has 12 heteroatoms. The van der Waals surface area contributed by atoms with E-state index in [0.29, 0.717) is 16.4 Å². The van der Waals surface area contributed by atoms with Gasteiger partial charge in [-0.1, -0.05) is 37.3 Å². The maximum atomic E-state index is 12.6. The van der Waals surface area contributed by atoms with E-state index in [1.165, 1.54) is 11.3 Å². The Bertz CT molecular complexity index is 1220. The molecular weight excluding hydrogens is 468 g/mol. The van der Waals surface area contributed by atoms with Crippen LogP contribution in [-0.2, 0) is 10.2 Å². The summed E-state index contributed by atoms with van der Waals surface area (Å²) in [7, 11) is 2.03. The highest BCUT2D eigenvalue weighted by Gasteiger charge is 2.21. The lowest BCUT2D eigenvalue weighted by molar-refractivity contribution is 0.0393. The summed E-state index contributed by atoms with van der Waals surface area (Å²) in [5.41, 5.74) is 0.597. The molecule has 1 atom stereocenters. The van der Waals surface area contributed by atoms with Gasteiger partial charge in [0.1, 0.15) is 22.6 Å². The highest BCUT2D eigenvalue weighted by Crippen LogP contribution is 2.25. The van der Waals surface area contributed by atoms with Gasteiger partial charge in [0, 0.05) is 44.7 Å². The van der Waals surface area contributed by atoms with Crippen molar-refractivity contribution in [3.8, 4) is 0 Å². The number of aromatic nitrogens is 3. The number of urea groups is 1. The Morgan fingerprint density at radius 3 is 2.74 bits per heavy atom. The second-order valence-corrected chi connectivity index (χ2v) is 10.7. The Morgan fingerprint density at radius 1 is 1.31 bits per heavy atom. The zero-order valence-electron chi connectivity index (χ0n) is 20.9. The van der Waals surface area contributed by atoms with E-state index in [1.807, 2.05) is 46.9 Å². The number of ether oxygens (including phenoxy) is 1. The van der Waals surface area contributed by atoms with Gasteiger partial charge in [0.2, 0.25) is 0 Å². The zero-order valence-corrected chi connectivity index (χ0v) is 21.7. The molecule has 11 nitrogen and oxygen atoms in total. The van der Waals surface area contributed by atoms with E-state index in [4.69, 9.17) is 19.7 Å². The minimum atomic E-state index is -0.461. The molecular formula is C23H34N8O3S. The highest BCUT2D eigenvalue weighted by atomic mass is 32.1. The first-order chi connectivity index (χ1) is 16.6. The molecule has 1 unspecified atom stereocenters. The number of pyridine rings is 1. The number of anilines is 2. The molecule has 4 rings (SSSR count). The average Bonchev–Trinajstić information content (AvgIpc) is 3.41. The van der Waals surface area contributed by atoms with Gasteiger partial charge in [-0.2, -0.15) is 0 Å². The number of rotatable bonds is 7. The van der Waals surface area contributed by atoms with Crippen LogP contribution in [0.15, 0.2) is 22.7 Å². The van der Waals surface area contributed by atoms with Crippen molar-refractivity contribution < 1.29 is 14.1 Å². The fourth-order valence-electron chi connectivity index (χ4n) is 3.85. The van der Waals surface area contributed by atoms with Gasteiger partial charge in [0.05, 0.1) is 18.7 Å². The summed E-state index contributed by atoms with van der Waals surface area (Å²) in [5, 5.41) is 18.0. The number of carbonyl (C=O) groups is 1. The minimum Gasteiger partial charge on any atom is -0.379 e. The molecule has 1 saturated heterocycles. The lowest BCUT2D eigenvalue weighted by atomic mass is 9.93. The summed E-state index contributed by atoms with van der Waals surface area (Å²) in [5.74, 6) is 1.89. The van der Waals surface area contributed by atoms with Crippen molar-refractivity contribution in [1.29, 1.82) is 5.41 Å². The monoisotopic (exact) mass is 502 g/mol. The predicted octanol–water partition coefficient (Wildman–Crippen LogP) is 2.97. The molecule has 0 radical (unpaired) electrons. The van der Waals surface area contributed by atoms with Crippen LogP contribution in [0, 0.1) is 5.41 Å². The second kappa shape index (κ2) is 10.3. The van der Waals surface area contributed by atoms with Gasteiger partial charge in [-0.05, 0) is 19.1 Å². The first kappa shape index (κ1) is 25.1. The Kier molecular flexibility index (Phi) is 7.43. The molecule has 0 aliphatic carbocycles. The van der Waals surface area contributed by atoms with Gasteiger partial charge in [-0.25, -0.2) is 9.78 Å². The van der Waals surface area contributed by atoms with E-state index < -0.39 is 12.2 Å². The van der Waals surface area contributed by atoms with Crippen molar-refractivity contribution in [2.24, 2.45) is 0 Å². The lowest BCUT2D eigenvalue weighted by Crippen LogP contribution is -2.40. The first-order valence-electron chi connectivity index (χ1n) is 11.7. The number of hydrogen-bond acceptors (Lipinski definition) is 9. The number of morpholine rings is 1. The van der Waals surface area contributed by atoms with Gasteiger partial charge in [-0.3, -0.25) is 20.2 Å². The molecule has 0 saturated carbocycles. The summed E-state index contributed by atoms with van der Waals surface area (Å²) in [6, 6.07) is 5.21. The Morgan fingerprint density at radius 2 is 2.06 bits per heavy atom. The van der Waals surface area contributed by atoms with Gasteiger partial charge < -0.3 is 19.5 Å². The van der Waals surface area contributed by atoms with Gasteiger partial charge >= 0.3 is 6.03 Å².